The molecule has 0 aromatic carbocycles. The van der Waals surface area contributed by atoms with Crippen molar-refractivity contribution in [2.45, 2.75) is 0 Å². The lowest BCUT2D eigenvalue weighted by molar-refractivity contribution is 0.576. The molecule has 15 heavy (non-hydrogen) atoms. The predicted octanol–water partition coefficient (Wildman–Crippen LogP) is 2.47. The van der Waals surface area contributed by atoms with Gasteiger partial charge in [0.25, 0.3) is 0 Å². The Morgan fingerprint density at radius 3 is 2.40 bits per heavy atom. The number of nitrogens with zero attached hydrogens (tertiary/aromatic N) is 3. The molecule has 0 radical (unpaired) electrons. The van der Waals surface area contributed by atoms with Crippen LogP contribution in [0.2, 0.25) is 5.15 Å². The van der Waals surface area contributed by atoms with Crippen molar-refractivity contribution in [1.29, 1.82) is 0 Å². The number of hydrogen-bond acceptors (Lipinski definition) is 3. The third kappa shape index (κ3) is 2.07. The third-order valence-corrected chi connectivity index (χ3v) is 1.92. The van der Waals surface area contributed by atoms with Gasteiger partial charge < -0.3 is 0 Å². The molecular formula is C9H4ClF2N3. The van der Waals surface area contributed by atoms with Gasteiger partial charge in [0, 0.05) is 12.3 Å². The molecule has 0 saturated carbocycles. The van der Waals surface area contributed by atoms with Crippen LogP contribution in [0.5, 0.6) is 0 Å². The first-order valence-electron chi connectivity index (χ1n) is 3.96. The second kappa shape index (κ2) is 3.86. The van der Waals surface area contributed by atoms with Gasteiger partial charge in [0.2, 0.25) is 5.95 Å². The molecular weight excluding hydrogens is 224 g/mol. The largest absolute Gasteiger partial charge is 0.250 e. The maximum atomic E-state index is 13.4. The smallest absolute Gasteiger partial charge is 0.231 e. The molecule has 6 heteroatoms. The number of pyridine rings is 1. The van der Waals surface area contributed by atoms with E-state index in [2.05, 4.69) is 15.0 Å². The zero-order valence-electron chi connectivity index (χ0n) is 7.28. The van der Waals surface area contributed by atoms with Crippen molar-refractivity contribution in [3.63, 3.8) is 0 Å². The summed E-state index contributed by atoms with van der Waals surface area (Å²) in [6.07, 6.45) is 3.26. The fourth-order valence-corrected chi connectivity index (χ4v) is 1.19. The first-order chi connectivity index (χ1) is 7.16. The van der Waals surface area contributed by atoms with E-state index in [4.69, 9.17) is 11.6 Å². The molecule has 0 N–H and O–H groups in total. The summed E-state index contributed by atoms with van der Waals surface area (Å²) in [7, 11) is 0. The van der Waals surface area contributed by atoms with Crippen molar-refractivity contribution < 1.29 is 8.78 Å². The van der Waals surface area contributed by atoms with E-state index < -0.39 is 11.8 Å². The molecule has 2 aromatic heterocycles. The molecule has 0 aliphatic rings. The van der Waals surface area contributed by atoms with Crippen LogP contribution < -0.4 is 0 Å². The van der Waals surface area contributed by atoms with Crippen molar-refractivity contribution in [2.75, 3.05) is 0 Å². The molecule has 0 atom stereocenters. The highest BCUT2D eigenvalue weighted by molar-refractivity contribution is 6.29. The SMILES string of the molecule is Fc1cnc(-c2cnc(Cl)cc2F)cn1. The van der Waals surface area contributed by atoms with Crippen LogP contribution >= 0.6 is 11.6 Å². The monoisotopic (exact) mass is 227 g/mol. The fraction of sp³-hybridized carbons (Fsp3) is 0. The maximum Gasteiger partial charge on any atom is 0.231 e. The van der Waals surface area contributed by atoms with E-state index in [1.54, 1.807) is 0 Å². The lowest BCUT2D eigenvalue weighted by atomic mass is 10.2. The number of rotatable bonds is 1. The molecule has 2 aromatic rings. The van der Waals surface area contributed by atoms with E-state index in [1.807, 2.05) is 0 Å². The Kier molecular flexibility index (Phi) is 2.55. The van der Waals surface area contributed by atoms with Gasteiger partial charge >= 0.3 is 0 Å². The molecule has 3 nitrogen and oxygen atoms in total. The molecule has 0 aliphatic carbocycles. The zero-order chi connectivity index (χ0) is 10.8. The summed E-state index contributed by atoms with van der Waals surface area (Å²) in [6, 6.07) is 1.06. The first-order valence-corrected chi connectivity index (χ1v) is 4.33. The molecule has 0 fully saturated rings. The highest BCUT2D eigenvalue weighted by atomic mass is 35.5. The van der Waals surface area contributed by atoms with Gasteiger partial charge in [-0.25, -0.2) is 19.3 Å². The number of hydrogen-bond donors (Lipinski definition) is 0. The minimum atomic E-state index is -0.721. The second-order valence-corrected chi connectivity index (χ2v) is 3.10. The maximum absolute atomic E-state index is 13.4. The predicted molar refractivity (Wildman–Crippen MR) is 50.2 cm³/mol. The summed E-state index contributed by atoms with van der Waals surface area (Å²) < 4.78 is 25.8. The third-order valence-electron chi connectivity index (χ3n) is 1.72. The molecule has 0 bridgehead atoms. The Labute approximate surface area is 88.8 Å². The average Bonchev–Trinajstić information content (AvgIpc) is 2.20. The highest BCUT2D eigenvalue weighted by Crippen LogP contribution is 2.20. The van der Waals surface area contributed by atoms with Gasteiger partial charge in [-0.2, -0.15) is 4.39 Å². The van der Waals surface area contributed by atoms with Gasteiger partial charge in [0.1, 0.15) is 11.0 Å². The number of aromatic nitrogens is 3. The van der Waals surface area contributed by atoms with Gasteiger partial charge in [-0.05, 0) is 0 Å². The van der Waals surface area contributed by atoms with Gasteiger partial charge in [-0.1, -0.05) is 11.6 Å². The summed E-state index contributed by atoms with van der Waals surface area (Å²) >= 11 is 5.48. The topological polar surface area (TPSA) is 38.7 Å². The van der Waals surface area contributed by atoms with Gasteiger partial charge in [-0.3, -0.25) is 0 Å². The fourth-order valence-electron chi connectivity index (χ4n) is 1.05. The van der Waals surface area contributed by atoms with Crippen LogP contribution in [-0.2, 0) is 0 Å². The van der Waals surface area contributed by atoms with Crippen molar-refractivity contribution in [3.8, 4) is 11.3 Å². The standard InChI is InChI=1S/C9H4ClF2N3/c10-8-1-6(11)5(2-14-8)7-3-15-9(12)4-13-7/h1-4H. The van der Waals surface area contributed by atoms with Crippen LogP contribution in [0.15, 0.2) is 24.7 Å². The van der Waals surface area contributed by atoms with Crippen molar-refractivity contribution >= 4 is 11.6 Å². The van der Waals surface area contributed by atoms with Crippen molar-refractivity contribution in [1.82, 2.24) is 15.0 Å². The summed E-state index contributed by atoms with van der Waals surface area (Å²) in [5, 5.41) is 0.0475. The minimum absolute atomic E-state index is 0.0475. The van der Waals surface area contributed by atoms with Crippen LogP contribution in [0.25, 0.3) is 11.3 Å². The number of halogens is 3. The summed E-state index contributed by atoms with van der Waals surface area (Å²) in [4.78, 5) is 10.7. The Morgan fingerprint density at radius 2 is 1.80 bits per heavy atom. The van der Waals surface area contributed by atoms with E-state index in [1.165, 1.54) is 6.20 Å². The zero-order valence-corrected chi connectivity index (χ0v) is 8.04. The molecule has 76 valence electrons. The van der Waals surface area contributed by atoms with E-state index >= 15 is 0 Å². The van der Waals surface area contributed by atoms with Crippen LogP contribution in [0, 0.1) is 11.8 Å². The summed E-state index contributed by atoms with van der Waals surface area (Å²) in [6.45, 7) is 0. The van der Waals surface area contributed by atoms with E-state index in [-0.39, 0.29) is 16.4 Å². The van der Waals surface area contributed by atoms with Crippen LogP contribution in [-0.4, -0.2) is 15.0 Å². The lowest BCUT2D eigenvalue weighted by Crippen LogP contribution is -1.92. The summed E-state index contributed by atoms with van der Waals surface area (Å²) in [5.41, 5.74) is 0.338. The van der Waals surface area contributed by atoms with E-state index in [0.717, 1.165) is 18.5 Å². The average molecular weight is 228 g/mol. The van der Waals surface area contributed by atoms with Crippen LogP contribution in [0.1, 0.15) is 0 Å². The lowest BCUT2D eigenvalue weighted by Gasteiger charge is -2.01. The molecule has 2 heterocycles. The van der Waals surface area contributed by atoms with Gasteiger partial charge in [0.05, 0.1) is 23.7 Å². The van der Waals surface area contributed by atoms with E-state index in [9.17, 15) is 8.78 Å². The van der Waals surface area contributed by atoms with E-state index in [0.29, 0.717) is 0 Å². The highest BCUT2D eigenvalue weighted by Gasteiger charge is 2.08. The van der Waals surface area contributed by atoms with Gasteiger partial charge in [-0.15, -0.1) is 0 Å². The van der Waals surface area contributed by atoms with Gasteiger partial charge in [0.15, 0.2) is 0 Å². The normalized spacial score (nSPS) is 10.3. The minimum Gasteiger partial charge on any atom is -0.250 e. The Morgan fingerprint density at radius 1 is 1.00 bits per heavy atom. The molecule has 0 aliphatic heterocycles. The molecule has 0 unspecified atom stereocenters. The molecule has 2 rings (SSSR count). The Balaban J connectivity index is 2.49. The Hall–Kier alpha value is -1.62. The second-order valence-electron chi connectivity index (χ2n) is 2.71. The summed E-state index contributed by atoms with van der Waals surface area (Å²) in [5.74, 6) is -1.29. The molecule has 0 amide bonds. The Bertz CT molecular complexity index is 487. The quantitative estimate of drug-likeness (QED) is 0.703. The van der Waals surface area contributed by atoms with Crippen LogP contribution in [0.4, 0.5) is 8.78 Å². The molecule has 0 spiro atoms. The van der Waals surface area contributed by atoms with Crippen molar-refractivity contribution in [3.05, 3.63) is 41.6 Å². The first kappa shape index (κ1) is 9.92. The van der Waals surface area contributed by atoms with Crippen LogP contribution in [0.3, 0.4) is 0 Å². The molecule has 0 saturated heterocycles. The van der Waals surface area contributed by atoms with Crippen molar-refractivity contribution in [2.24, 2.45) is 0 Å².